The van der Waals surface area contributed by atoms with Gasteiger partial charge in [-0.15, -0.1) is 0 Å². The highest BCUT2D eigenvalue weighted by Crippen LogP contribution is 2.43. The lowest BCUT2D eigenvalue weighted by Gasteiger charge is -2.20. The predicted octanol–water partition coefficient (Wildman–Crippen LogP) is 2.98. The zero-order valence-corrected chi connectivity index (χ0v) is 10.5. The molecule has 3 nitrogen and oxygen atoms in total. The summed E-state index contributed by atoms with van der Waals surface area (Å²) in [6.07, 6.45) is 0.655. The van der Waals surface area contributed by atoms with E-state index in [9.17, 15) is 8.78 Å². The van der Waals surface area contributed by atoms with Crippen LogP contribution in [0.1, 0.15) is 37.3 Å². The summed E-state index contributed by atoms with van der Waals surface area (Å²) in [5.74, 6) is -2.03. The number of hydrogen-bond acceptors (Lipinski definition) is 3. The minimum atomic E-state index is -2.90. The molecular weight excluding hydrogens is 240 g/mol. The van der Waals surface area contributed by atoms with E-state index in [1.165, 1.54) is 6.07 Å². The fourth-order valence-electron chi connectivity index (χ4n) is 2.15. The first kappa shape index (κ1) is 13.1. The lowest BCUT2D eigenvalue weighted by molar-refractivity contribution is 0.0160. The van der Waals surface area contributed by atoms with Crippen LogP contribution >= 0.6 is 0 Å². The Balaban J connectivity index is 2.48. The number of ether oxygens (including phenoxy) is 2. The predicted molar refractivity (Wildman–Crippen MR) is 64.2 cm³/mol. The van der Waals surface area contributed by atoms with Crippen LogP contribution in [0.2, 0.25) is 0 Å². The summed E-state index contributed by atoms with van der Waals surface area (Å²) >= 11 is 0. The summed E-state index contributed by atoms with van der Waals surface area (Å²) in [6, 6.07) is 3.03. The smallest absolute Gasteiger partial charge is 0.270 e. The Hall–Kier alpha value is -1.36. The Labute approximate surface area is 105 Å². The summed E-state index contributed by atoms with van der Waals surface area (Å²) in [6.45, 7) is 3.33. The SMILES string of the molecule is CC(CCN)c1cc2c(cc1C(C)(F)F)OCO2. The van der Waals surface area contributed by atoms with E-state index >= 15 is 0 Å². The summed E-state index contributed by atoms with van der Waals surface area (Å²) < 4.78 is 37.7. The molecule has 2 rings (SSSR count). The molecule has 0 saturated heterocycles. The molecule has 1 atom stereocenters. The van der Waals surface area contributed by atoms with Crippen molar-refractivity contribution in [2.75, 3.05) is 13.3 Å². The molecule has 1 aliphatic heterocycles. The number of halogens is 2. The van der Waals surface area contributed by atoms with E-state index in [-0.39, 0.29) is 18.3 Å². The van der Waals surface area contributed by atoms with Crippen molar-refractivity contribution < 1.29 is 18.3 Å². The van der Waals surface area contributed by atoms with E-state index in [0.717, 1.165) is 6.92 Å². The average Bonchev–Trinajstić information content (AvgIpc) is 2.73. The average molecular weight is 257 g/mol. The van der Waals surface area contributed by atoms with Gasteiger partial charge in [0.25, 0.3) is 5.92 Å². The van der Waals surface area contributed by atoms with Crippen LogP contribution in [0.3, 0.4) is 0 Å². The molecular formula is C13H17F2NO2. The van der Waals surface area contributed by atoms with Crippen molar-refractivity contribution in [3.8, 4) is 11.5 Å². The van der Waals surface area contributed by atoms with Crippen LogP contribution in [0.4, 0.5) is 8.78 Å². The van der Waals surface area contributed by atoms with Crippen LogP contribution in [0.25, 0.3) is 0 Å². The fraction of sp³-hybridized carbons (Fsp3) is 0.538. The van der Waals surface area contributed by atoms with Crippen LogP contribution in [0.5, 0.6) is 11.5 Å². The van der Waals surface area contributed by atoms with Gasteiger partial charge in [0.15, 0.2) is 11.5 Å². The van der Waals surface area contributed by atoms with Crippen LogP contribution < -0.4 is 15.2 Å². The van der Waals surface area contributed by atoms with Crippen molar-refractivity contribution in [3.05, 3.63) is 23.3 Å². The van der Waals surface area contributed by atoms with Crippen molar-refractivity contribution in [2.45, 2.75) is 32.1 Å². The molecule has 0 spiro atoms. The molecule has 1 aromatic rings. The van der Waals surface area contributed by atoms with Crippen molar-refractivity contribution in [2.24, 2.45) is 5.73 Å². The minimum absolute atomic E-state index is 0.00676. The zero-order chi connectivity index (χ0) is 13.3. The molecule has 0 amide bonds. The molecule has 0 bridgehead atoms. The Bertz CT molecular complexity index is 443. The first-order valence-corrected chi connectivity index (χ1v) is 5.95. The first-order valence-electron chi connectivity index (χ1n) is 5.95. The number of benzene rings is 1. The molecule has 0 saturated carbocycles. The van der Waals surface area contributed by atoms with Gasteiger partial charge in [-0.25, -0.2) is 8.78 Å². The third-order valence-electron chi connectivity index (χ3n) is 3.15. The van der Waals surface area contributed by atoms with Crippen molar-refractivity contribution in [1.29, 1.82) is 0 Å². The highest BCUT2D eigenvalue weighted by Gasteiger charge is 2.32. The van der Waals surface area contributed by atoms with Gasteiger partial charge in [-0.3, -0.25) is 0 Å². The van der Waals surface area contributed by atoms with E-state index in [4.69, 9.17) is 15.2 Å². The molecule has 0 radical (unpaired) electrons. The number of fused-ring (bicyclic) bond motifs is 1. The Morgan fingerprint density at radius 2 is 1.94 bits per heavy atom. The number of rotatable bonds is 4. The highest BCUT2D eigenvalue weighted by molar-refractivity contribution is 5.51. The largest absolute Gasteiger partial charge is 0.454 e. The van der Waals surface area contributed by atoms with Gasteiger partial charge in [-0.2, -0.15) is 0 Å². The quantitative estimate of drug-likeness (QED) is 0.901. The first-order chi connectivity index (χ1) is 8.43. The summed E-state index contributed by atoms with van der Waals surface area (Å²) in [4.78, 5) is 0. The minimum Gasteiger partial charge on any atom is -0.454 e. The third-order valence-corrected chi connectivity index (χ3v) is 3.15. The fourth-order valence-corrected chi connectivity index (χ4v) is 2.15. The van der Waals surface area contributed by atoms with Gasteiger partial charge < -0.3 is 15.2 Å². The van der Waals surface area contributed by atoms with Gasteiger partial charge in [0.2, 0.25) is 6.79 Å². The molecule has 1 aromatic carbocycles. The molecule has 5 heteroatoms. The van der Waals surface area contributed by atoms with Gasteiger partial charge in [0.05, 0.1) is 0 Å². The maximum absolute atomic E-state index is 13.7. The molecule has 0 fully saturated rings. The molecule has 1 unspecified atom stereocenters. The van der Waals surface area contributed by atoms with E-state index < -0.39 is 5.92 Å². The summed E-state index contributed by atoms with van der Waals surface area (Å²) in [5, 5.41) is 0. The van der Waals surface area contributed by atoms with E-state index in [2.05, 4.69) is 0 Å². The lowest BCUT2D eigenvalue weighted by atomic mass is 9.90. The second-order valence-electron chi connectivity index (χ2n) is 4.66. The Kier molecular flexibility index (Phi) is 3.43. The van der Waals surface area contributed by atoms with E-state index in [1.54, 1.807) is 6.07 Å². The third kappa shape index (κ3) is 2.41. The second-order valence-corrected chi connectivity index (χ2v) is 4.66. The van der Waals surface area contributed by atoms with Crippen LogP contribution in [0, 0.1) is 0 Å². The molecule has 2 N–H and O–H groups in total. The van der Waals surface area contributed by atoms with Crippen LogP contribution in [-0.4, -0.2) is 13.3 Å². The molecule has 0 aliphatic carbocycles. The zero-order valence-electron chi connectivity index (χ0n) is 10.5. The molecule has 18 heavy (non-hydrogen) atoms. The number of nitrogens with two attached hydrogens (primary N) is 1. The van der Waals surface area contributed by atoms with Gasteiger partial charge in [-0.05, 0) is 36.6 Å². The monoisotopic (exact) mass is 257 g/mol. The van der Waals surface area contributed by atoms with Gasteiger partial charge in [-0.1, -0.05) is 6.92 Å². The van der Waals surface area contributed by atoms with Gasteiger partial charge in [0, 0.05) is 12.5 Å². The summed E-state index contributed by atoms with van der Waals surface area (Å²) in [7, 11) is 0. The van der Waals surface area contributed by atoms with Crippen LogP contribution in [0.15, 0.2) is 12.1 Å². The molecule has 0 aromatic heterocycles. The van der Waals surface area contributed by atoms with E-state index in [1.807, 2.05) is 6.92 Å². The topological polar surface area (TPSA) is 44.5 Å². The highest BCUT2D eigenvalue weighted by atomic mass is 19.3. The normalized spacial score (nSPS) is 15.8. The summed E-state index contributed by atoms with van der Waals surface area (Å²) in [5.41, 5.74) is 6.07. The second kappa shape index (κ2) is 4.72. The van der Waals surface area contributed by atoms with Gasteiger partial charge >= 0.3 is 0 Å². The molecule has 1 heterocycles. The maximum atomic E-state index is 13.7. The molecule has 1 aliphatic rings. The van der Waals surface area contributed by atoms with E-state index in [0.29, 0.717) is 30.0 Å². The standard InChI is InChI=1S/C13H17F2NO2/c1-8(3-4-16)9-5-11-12(18-7-17-11)6-10(9)13(2,14)15/h5-6,8H,3-4,7,16H2,1-2H3. The van der Waals surface area contributed by atoms with Crippen molar-refractivity contribution >= 4 is 0 Å². The lowest BCUT2D eigenvalue weighted by Crippen LogP contribution is -2.14. The Morgan fingerprint density at radius 3 is 2.50 bits per heavy atom. The van der Waals surface area contributed by atoms with Gasteiger partial charge in [0.1, 0.15) is 0 Å². The maximum Gasteiger partial charge on any atom is 0.270 e. The van der Waals surface area contributed by atoms with Crippen LogP contribution in [-0.2, 0) is 5.92 Å². The number of alkyl halides is 2. The number of hydrogen-bond donors (Lipinski definition) is 1. The van der Waals surface area contributed by atoms with Crippen molar-refractivity contribution in [1.82, 2.24) is 0 Å². The Morgan fingerprint density at radius 1 is 1.33 bits per heavy atom. The molecule has 100 valence electrons. The van der Waals surface area contributed by atoms with Crippen molar-refractivity contribution in [3.63, 3.8) is 0 Å².